The SMILES string of the molecule is CCCN(C(=O)CNC(=O)CN)C(C)c1cc2ccccc2o1. The van der Waals surface area contributed by atoms with Crippen LogP contribution in [0.5, 0.6) is 0 Å². The fraction of sp³-hybridized carbons (Fsp3) is 0.412. The van der Waals surface area contributed by atoms with E-state index in [9.17, 15) is 9.59 Å². The average Bonchev–Trinajstić information content (AvgIpc) is 3.00. The normalized spacial score (nSPS) is 12.1. The third-order valence-corrected chi connectivity index (χ3v) is 3.73. The molecule has 0 bridgehead atoms. The molecule has 1 heterocycles. The Kier molecular flexibility index (Phi) is 5.76. The molecule has 0 aliphatic heterocycles. The number of carbonyl (C=O) groups excluding carboxylic acids is 2. The summed E-state index contributed by atoms with van der Waals surface area (Å²) in [5, 5.41) is 3.53. The number of hydrogen-bond donors (Lipinski definition) is 2. The van der Waals surface area contributed by atoms with Crippen molar-refractivity contribution in [1.82, 2.24) is 10.2 Å². The van der Waals surface area contributed by atoms with E-state index in [1.165, 1.54) is 0 Å². The maximum Gasteiger partial charge on any atom is 0.242 e. The van der Waals surface area contributed by atoms with Crippen molar-refractivity contribution in [3.05, 3.63) is 36.1 Å². The lowest BCUT2D eigenvalue weighted by molar-refractivity contribution is -0.134. The van der Waals surface area contributed by atoms with Gasteiger partial charge in [0.2, 0.25) is 11.8 Å². The minimum Gasteiger partial charge on any atom is -0.459 e. The number of para-hydroxylation sites is 1. The second kappa shape index (κ2) is 7.78. The van der Waals surface area contributed by atoms with E-state index in [2.05, 4.69) is 5.32 Å². The van der Waals surface area contributed by atoms with Crippen molar-refractivity contribution in [2.45, 2.75) is 26.3 Å². The number of nitrogens with zero attached hydrogens (tertiary/aromatic N) is 1. The van der Waals surface area contributed by atoms with E-state index in [0.717, 1.165) is 23.2 Å². The van der Waals surface area contributed by atoms with Crippen molar-refractivity contribution in [2.75, 3.05) is 19.6 Å². The molecule has 0 saturated heterocycles. The van der Waals surface area contributed by atoms with Gasteiger partial charge < -0.3 is 20.4 Å². The van der Waals surface area contributed by atoms with Crippen molar-refractivity contribution < 1.29 is 14.0 Å². The van der Waals surface area contributed by atoms with Crippen molar-refractivity contribution in [3.63, 3.8) is 0 Å². The molecule has 1 aromatic carbocycles. The molecular weight excluding hydrogens is 294 g/mol. The molecule has 3 N–H and O–H groups in total. The molecule has 0 aliphatic rings. The van der Waals surface area contributed by atoms with Crippen LogP contribution in [0, 0.1) is 0 Å². The van der Waals surface area contributed by atoms with Crippen LogP contribution in [0.15, 0.2) is 34.7 Å². The molecule has 0 aliphatic carbocycles. The highest BCUT2D eigenvalue weighted by Crippen LogP contribution is 2.27. The Morgan fingerprint density at radius 3 is 2.74 bits per heavy atom. The zero-order valence-electron chi connectivity index (χ0n) is 13.5. The van der Waals surface area contributed by atoms with Crippen molar-refractivity contribution >= 4 is 22.8 Å². The second-order valence-corrected chi connectivity index (χ2v) is 5.43. The summed E-state index contributed by atoms with van der Waals surface area (Å²) >= 11 is 0. The standard InChI is InChI=1S/C17H23N3O3/c1-3-8-20(17(22)11-19-16(21)10-18)12(2)15-9-13-6-4-5-7-14(13)23-15/h4-7,9,12H,3,8,10-11,18H2,1-2H3,(H,19,21). The maximum absolute atomic E-state index is 12.4. The average molecular weight is 317 g/mol. The number of nitrogens with one attached hydrogen (secondary N) is 1. The molecule has 0 radical (unpaired) electrons. The Balaban J connectivity index is 2.15. The lowest BCUT2D eigenvalue weighted by atomic mass is 10.2. The van der Waals surface area contributed by atoms with Crippen LogP contribution in [0.4, 0.5) is 0 Å². The van der Waals surface area contributed by atoms with Crippen molar-refractivity contribution in [2.24, 2.45) is 5.73 Å². The minimum atomic E-state index is -0.341. The van der Waals surface area contributed by atoms with Crippen LogP contribution in [-0.2, 0) is 9.59 Å². The van der Waals surface area contributed by atoms with Gasteiger partial charge in [0.1, 0.15) is 11.3 Å². The van der Waals surface area contributed by atoms with Crippen molar-refractivity contribution in [1.29, 1.82) is 0 Å². The largest absolute Gasteiger partial charge is 0.459 e. The van der Waals surface area contributed by atoms with Gasteiger partial charge in [-0.1, -0.05) is 25.1 Å². The van der Waals surface area contributed by atoms with Gasteiger partial charge in [0.05, 0.1) is 19.1 Å². The second-order valence-electron chi connectivity index (χ2n) is 5.43. The van der Waals surface area contributed by atoms with Gasteiger partial charge in [-0.05, 0) is 25.5 Å². The van der Waals surface area contributed by atoms with Gasteiger partial charge in [0, 0.05) is 11.9 Å². The molecule has 23 heavy (non-hydrogen) atoms. The van der Waals surface area contributed by atoms with Gasteiger partial charge in [-0.15, -0.1) is 0 Å². The van der Waals surface area contributed by atoms with Crippen LogP contribution < -0.4 is 11.1 Å². The Morgan fingerprint density at radius 2 is 2.09 bits per heavy atom. The summed E-state index contributed by atoms with van der Waals surface area (Å²) in [5.74, 6) is 0.242. The van der Waals surface area contributed by atoms with E-state index < -0.39 is 0 Å². The molecule has 2 rings (SSSR count). The van der Waals surface area contributed by atoms with E-state index in [1.54, 1.807) is 4.90 Å². The lowest BCUT2D eigenvalue weighted by Gasteiger charge is -2.27. The number of amides is 2. The number of nitrogens with two attached hydrogens (primary N) is 1. The Labute approximate surface area is 135 Å². The molecular formula is C17H23N3O3. The van der Waals surface area contributed by atoms with Crippen LogP contribution in [0.25, 0.3) is 11.0 Å². The first-order chi connectivity index (χ1) is 11.1. The summed E-state index contributed by atoms with van der Waals surface area (Å²) in [4.78, 5) is 25.4. The lowest BCUT2D eigenvalue weighted by Crippen LogP contribution is -2.43. The molecule has 1 unspecified atom stereocenters. The van der Waals surface area contributed by atoms with Gasteiger partial charge in [-0.25, -0.2) is 0 Å². The Hall–Kier alpha value is -2.34. The summed E-state index contributed by atoms with van der Waals surface area (Å²) in [7, 11) is 0. The molecule has 1 atom stereocenters. The number of carbonyl (C=O) groups is 2. The van der Waals surface area contributed by atoms with E-state index in [1.807, 2.05) is 44.2 Å². The van der Waals surface area contributed by atoms with Crippen LogP contribution in [0.3, 0.4) is 0 Å². The predicted molar refractivity (Wildman–Crippen MR) is 88.7 cm³/mol. The fourth-order valence-electron chi connectivity index (χ4n) is 2.49. The molecule has 124 valence electrons. The van der Waals surface area contributed by atoms with Crippen LogP contribution in [0.2, 0.25) is 0 Å². The van der Waals surface area contributed by atoms with Crippen LogP contribution >= 0.6 is 0 Å². The quantitative estimate of drug-likeness (QED) is 0.815. The van der Waals surface area contributed by atoms with Crippen LogP contribution in [-0.4, -0.2) is 36.3 Å². The number of rotatable bonds is 7. The minimum absolute atomic E-state index is 0.0550. The van der Waals surface area contributed by atoms with E-state index >= 15 is 0 Å². The summed E-state index contributed by atoms with van der Waals surface area (Å²) in [5.41, 5.74) is 6.04. The monoisotopic (exact) mass is 317 g/mol. The highest BCUT2D eigenvalue weighted by atomic mass is 16.3. The van der Waals surface area contributed by atoms with E-state index in [4.69, 9.17) is 10.2 Å². The third kappa shape index (κ3) is 4.10. The van der Waals surface area contributed by atoms with Gasteiger partial charge >= 0.3 is 0 Å². The van der Waals surface area contributed by atoms with Crippen molar-refractivity contribution in [3.8, 4) is 0 Å². The van der Waals surface area contributed by atoms with E-state index in [-0.39, 0.29) is 30.9 Å². The fourth-order valence-corrected chi connectivity index (χ4v) is 2.49. The predicted octanol–water partition coefficient (Wildman–Crippen LogP) is 1.81. The highest BCUT2D eigenvalue weighted by molar-refractivity contribution is 5.86. The van der Waals surface area contributed by atoms with Gasteiger partial charge in [-0.2, -0.15) is 0 Å². The number of furan rings is 1. The highest BCUT2D eigenvalue weighted by Gasteiger charge is 2.23. The van der Waals surface area contributed by atoms with Crippen LogP contribution in [0.1, 0.15) is 32.1 Å². The molecule has 2 amide bonds. The van der Waals surface area contributed by atoms with Gasteiger partial charge in [0.25, 0.3) is 0 Å². The number of fused-ring (bicyclic) bond motifs is 1. The topological polar surface area (TPSA) is 88.6 Å². The molecule has 0 spiro atoms. The molecule has 2 aromatic rings. The first-order valence-electron chi connectivity index (χ1n) is 7.81. The summed E-state index contributed by atoms with van der Waals surface area (Å²) in [6.07, 6.45) is 0.821. The third-order valence-electron chi connectivity index (χ3n) is 3.73. The molecule has 6 nitrogen and oxygen atoms in total. The molecule has 0 saturated carbocycles. The van der Waals surface area contributed by atoms with Gasteiger partial charge in [-0.3, -0.25) is 9.59 Å². The summed E-state index contributed by atoms with van der Waals surface area (Å²) in [6.45, 7) is 4.34. The summed E-state index contributed by atoms with van der Waals surface area (Å²) in [6, 6.07) is 9.49. The number of benzene rings is 1. The number of hydrogen-bond acceptors (Lipinski definition) is 4. The molecule has 1 aromatic heterocycles. The molecule has 6 heteroatoms. The van der Waals surface area contributed by atoms with Gasteiger partial charge in [0.15, 0.2) is 0 Å². The Bertz CT molecular complexity index is 648. The summed E-state index contributed by atoms with van der Waals surface area (Å²) < 4.78 is 5.85. The first-order valence-corrected chi connectivity index (χ1v) is 7.81. The zero-order valence-corrected chi connectivity index (χ0v) is 13.5. The van der Waals surface area contributed by atoms with E-state index in [0.29, 0.717) is 6.54 Å². The maximum atomic E-state index is 12.4. The Morgan fingerprint density at radius 1 is 1.35 bits per heavy atom. The zero-order chi connectivity index (χ0) is 16.8. The first kappa shape index (κ1) is 17.0. The smallest absolute Gasteiger partial charge is 0.242 e. The molecule has 0 fully saturated rings.